The molecule has 170 valence electrons. The molecule has 0 saturated heterocycles. The summed E-state index contributed by atoms with van der Waals surface area (Å²) < 4.78 is 83.7. The van der Waals surface area contributed by atoms with Gasteiger partial charge in [-0.05, 0) is 18.2 Å². The van der Waals surface area contributed by atoms with Crippen molar-refractivity contribution < 1.29 is 31.1 Å². The van der Waals surface area contributed by atoms with Crippen LogP contribution in [0.25, 0.3) is 22.2 Å². The second-order valence-electron chi connectivity index (χ2n) is 7.12. The normalized spacial score (nSPS) is 11.7. The molecule has 0 fully saturated rings. The fourth-order valence-electron chi connectivity index (χ4n) is 3.56. The lowest BCUT2D eigenvalue weighted by Crippen LogP contribution is -2.19. The molecular formula is C22H14F6N4O. The van der Waals surface area contributed by atoms with Gasteiger partial charge in [-0.1, -0.05) is 24.3 Å². The number of anilines is 1. The summed E-state index contributed by atoms with van der Waals surface area (Å²) >= 11 is 0. The van der Waals surface area contributed by atoms with Gasteiger partial charge in [-0.3, -0.25) is 4.68 Å². The van der Waals surface area contributed by atoms with Gasteiger partial charge in [0.05, 0.1) is 17.8 Å². The summed E-state index contributed by atoms with van der Waals surface area (Å²) in [6.07, 6.45) is -4.74. The molecule has 0 atom stereocenters. The SMILES string of the molecule is NC(=O)Nc1cccc(-c2c3cccc(C(F)(F)F)c3nn2Cc2c(F)cc(F)cc2F)c1. The maximum Gasteiger partial charge on any atom is 0.418 e. The number of hydrogen-bond acceptors (Lipinski definition) is 2. The Labute approximate surface area is 182 Å². The van der Waals surface area contributed by atoms with E-state index in [1.807, 2.05) is 0 Å². The van der Waals surface area contributed by atoms with Crippen LogP contribution in [0.3, 0.4) is 0 Å². The van der Waals surface area contributed by atoms with Crippen LogP contribution in [0.15, 0.2) is 54.6 Å². The van der Waals surface area contributed by atoms with E-state index < -0.39 is 52.8 Å². The largest absolute Gasteiger partial charge is 0.418 e. The maximum absolute atomic E-state index is 14.3. The van der Waals surface area contributed by atoms with Gasteiger partial charge >= 0.3 is 12.2 Å². The molecule has 1 heterocycles. The smallest absolute Gasteiger partial charge is 0.351 e. The Morgan fingerprint density at radius 3 is 2.30 bits per heavy atom. The van der Waals surface area contributed by atoms with Crippen molar-refractivity contribution in [2.24, 2.45) is 5.73 Å². The van der Waals surface area contributed by atoms with E-state index in [0.29, 0.717) is 17.7 Å². The van der Waals surface area contributed by atoms with Gasteiger partial charge < -0.3 is 11.1 Å². The zero-order valence-electron chi connectivity index (χ0n) is 16.6. The van der Waals surface area contributed by atoms with Crippen molar-refractivity contribution in [3.63, 3.8) is 0 Å². The van der Waals surface area contributed by atoms with Crippen molar-refractivity contribution in [1.82, 2.24) is 9.78 Å². The molecule has 11 heteroatoms. The number of alkyl halides is 3. The van der Waals surface area contributed by atoms with Crippen LogP contribution in [0.2, 0.25) is 0 Å². The number of carbonyl (C=O) groups excluding carboxylic acids is 1. The Kier molecular flexibility index (Phi) is 5.48. The Morgan fingerprint density at radius 2 is 1.67 bits per heavy atom. The minimum atomic E-state index is -4.74. The van der Waals surface area contributed by atoms with Crippen molar-refractivity contribution in [1.29, 1.82) is 0 Å². The molecule has 0 aliphatic rings. The fraction of sp³-hybridized carbons (Fsp3) is 0.0909. The molecular weight excluding hydrogens is 450 g/mol. The van der Waals surface area contributed by atoms with Crippen LogP contribution in [-0.2, 0) is 12.7 Å². The van der Waals surface area contributed by atoms with Gasteiger partial charge in [0, 0.05) is 34.3 Å². The number of rotatable bonds is 4. The topological polar surface area (TPSA) is 72.9 Å². The van der Waals surface area contributed by atoms with E-state index in [-0.39, 0.29) is 16.8 Å². The van der Waals surface area contributed by atoms with Crippen molar-refractivity contribution in [3.05, 3.63) is 83.2 Å². The summed E-state index contributed by atoms with van der Waals surface area (Å²) in [6, 6.07) is 9.45. The second kappa shape index (κ2) is 8.15. The number of fused-ring (bicyclic) bond motifs is 1. The highest BCUT2D eigenvalue weighted by molar-refractivity contribution is 5.96. The average molecular weight is 464 g/mol. The van der Waals surface area contributed by atoms with Gasteiger partial charge in [0.1, 0.15) is 23.0 Å². The first-order valence-corrected chi connectivity index (χ1v) is 9.41. The number of hydrogen-bond donors (Lipinski definition) is 2. The van der Waals surface area contributed by atoms with Crippen LogP contribution >= 0.6 is 0 Å². The van der Waals surface area contributed by atoms with Gasteiger partial charge in [0.25, 0.3) is 0 Å². The Balaban J connectivity index is 1.97. The zero-order chi connectivity index (χ0) is 23.9. The summed E-state index contributed by atoms with van der Waals surface area (Å²) in [5.74, 6) is -3.56. The van der Waals surface area contributed by atoms with Gasteiger partial charge in [-0.15, -0.1) is 0 Å². The van der Waals surface area contributed by atoms with Crippen LogP contribution in [-0.4, -0.2) is 15.8 Å². The molecule has 0 spiro atoms. The number of nitrogens with one attached hydrogen (secondary N) is 1. The van der Waals surface area contributed by atoms with Crippen LogP contribution in [0.4, 0.5) is 36.8 Å². The lowest BCUT2D eigenvalue weighted by atomic mass is 10.0. The maximum atomic E-state index is 14.3. The zero-order valence-corrected chi connectivity index (χ0v) is 16.6. The van der Waals surface area contributed by atoms with E-state index >= 15 is 0 Å². The number of primary amides is 1. The number of urea groups is 1. The fourth-order valence-corrected chi connectivity index (χ4v) is 3.56. The Bertz CT molecular complexity index is 1360. The number of carbonyl (C=O) groups is 1. The predicted molar refractivity (Wildman–Crippen MR) is 109 cm³/mol. The first kappa shape index (κ1) is 22.2. The summed E-state index contributed by atoms with van der Waals surface area (Å²) in [6.45, 7) is -0.618. The van der Waals surface area contributed by atoms with Gasteiger partial charge in [-0.2, -0.15) is 18.3 Å². The number of aromatic nitrogens is 2. The number of benzene rings is 3. The van der Waals surface area contributed by atoms with E-state index in [1.54, 1.807) is 0 Å². The highest BCUT2D eigenvalue weighted by atomic mass is 19.4. The van der Waals surface area contributed by atoms with E-state index in [4.69, 9.17) is 5.73 Å². The van der Waals surface area contributed by atoms with E-state index in [1.165, 1.54) is 36.4 Å². The molecule has 3 N–H and O–H groups in total. The summed E-state index contributed by atoms with van der Waals surface area (Å²) in [5, 5.41) is 6.41. The highest BCUT2D eigenvalue weighted by Gasteiger charge is 2.34. The molecule has 3 aromatic carbocycles. The number of nitrogens with zero attached hydrogens (tertiary/aromatic N) is 2. The first-order valence-electron chi connectivity index (χ1n) is 9.41. The quantitative estimate of drug-likeness (QED) is 0.382. The molecule has 0 bridgehead atoms. The Morgan fingerprint density at radius 1 is 1.00 bits per heavy atom. The molecule has 0 radical (unpaired) electrons. The van der Waals surface area contributed by atoms with Crippen LogP contribution < -0.4 is 11.1 Å². The van der Waals surface area contributed by atoms with E-state index in [2.05, 4.69) is 10.4 Å². The van der Waals surface area contributed by atoms with Crippen molar-refractivity contribution >= 4 is 22.6 Å². The minimum absolute atomic E-state index is 0.0592. The molecule has 0 unspecified atom stereocenters. The molecule has 4 rings (SSSR count). The molecule has 1 aromatic heterocycles. The van der Waals surface area contributed by atoms with Crippen molar-refractivity contribution in [3.8, 4) is 11.3 Å². The Hall–Kier alpha value is -4.02. The molecule has 0 aliphatic carbocycles. The summed E-state index contributed by atoms with van der Waals surface area (Å²) in [4.78, 5) is 11.2. The molecule has 0 aliphatic heterocycles. The van der Waals surface area contributed by atoms with Crippen LogP contribution in [0.1, 0.15) is 11.1 Å². The van der Waals surface area contributed by atoms with Crippen molar-refractivity contribution in [2.45, 2.75) is 12.7 Å². The predicted octanol–water partition coefficient (Wildman–Crippen LogP) is 5.68. The number of nitrogens with two attached hydrogens (primary N) is 1. The average Bonchev–Trinajstić information content (AvgIpc) is 3.07. The number of amides is 2. The lowest BCUT2D eigenvalue weighted by molar-refractivity contribution is -0.136. The third kappa shape index (κ3) is 4.34. The third-order valence-electron chi connectivity index (χ3n) is 4.89. The highest BCUT2D eigenvalue weighted by Crippen LogP contribution is 2.38. The lowest BCUT2D eigenvalue weighted by Gasteiger charge is -2.11. The summed E-state index contributed by atoms with van der Waals surface area (Å²) in [7, 11) is 0. The number of halogens is 6. The van der Waals surface area contributed by atoms with Gasteiger partial charge in [-0.25, -0.2) is 18.0 Å². The first-order chi connectivity index (χ1) is 15.5. The van der Waals surface area contributed by atoms with Gasteiger partial charge in [0.2, 0.25) is 0 Å². The standard InChI is InChI=1S/C22H14F6N4O/c23-12-8-17(24)15(18(25)9-12)10-32-20(11-3-1-4-13(7-11)30-21(29)33)14-5-2-6-16(19(14)31-32)22(26,27)28/h1-9H,10H2,(H3,29,30,33). The molecule has 2 amide bonds. The van der Waals surface area contributed by atoms with Crippen LogP contribution in [0.5, 0.6) is 0 Å². The van der Waals surface area contributed by atoms with Gasteiger partial charge in [0.15, 0.2) is 0 Å². The monoisotopic (exact) mass is 464 g/mol. The third-order valence-corrected chi connectivity index (χ3v) is 4.89. The van der Waals surface area contributed by atoms with Crippen molar-refractivity contribution in [2.75, 3.05) is 5.32 Å². The summed E-state index contributed by atoms with van der Waals surface area (Å²) in [5.41, 5.74) is 3.72. The van der Waals surface area contributed by atoms with E-state index in [9.17, 15) is 31.1 Å². The van der Waals surface area contributed by atoms with Crippen LogP contribution in [0, 0.1) is 17.5 Å². The van der Waals surface area contributed by atoms with E-state index in [0.717, 1.165) is 10.7 Å². The molecule has 33 heavy (non-hydrogen) atoms. The molecule has 5 nitrogen and oxygen atoms in total. The molecule has 0 saturated carbocycles. The second-order valence-corrected chi connectivity index (χ2v) is 7.12. The minimum Gasteiger partial charge on any atom is -0.351 e. The molecule has 4 aromatic rings.